The van der Waals surface area contributed by atoms with Gasteiger partial charge in [0.2, 0.25) is 0 Å². The summed E-state index contributed by atoms with van der Waals surface area (Å²) in [4.78, 5) is 40.0. The highest BCUT2D eigenvalue weighted by Gasteiger charge is 2.57. The number of rotatable bonds is 7. The lowest BCUT2D eigenvalue weighted by Crippen LogP contribution is -2.51. The van der Waals surface area contributed by atoms with Gasteiger partial charge in [-0.15, -0.1) is 0 Å². The number of nitrogens with one attached hydrogen (secondary N) is 1. The Kier molecular flexibility index (Phi) is 7.46. The summed E-state index contributed by atoms with van der Waals surface area (Å²) in [5.41, 5.74) is -0.342. The number of nitrogens with zero attached hydrogens (tertiary/aromatic N) is 1. The topological polar surface area (TPSA) is 119 Å². The summed E-state index contributed by atoms with van der Waals surface area (Å²) < 4.78 is 64.0. The molecule has 0 bridgehead atoms. The van der Waals surface area contributed by atoms with Crippen molar-refractivity contribution in [1.82, 2.24) is 5.32 Å². The smallest absolute Gasteiger partial charge is 0.408 e. The standard InChI is InChI=1S/C27H30F2N2O7S/c1-26(2,3)38-25(34)30-20-15-39(35,36)23-10-7-17(22(32)12-18-13-27(18,28)29)11-21(23)31(24(20)33)14-16-5-8-19(37-4)9-6-16/h5-11,18,20H,12-15H2,1-4H3,(H,30,34)/t18-,20+/m1/s1. The van der Waals surface area contributed by atoms with Gasteiger partial charge in [0.05, 0.1) is 30.0 Å². The Morgan fingerprint density at radius 1 is 1.13 bits per heavy atom. The van der Waals surface area contributed by atoms with Gasteiger partial charge in [-0.05, 0) is 56.7 Å². The monoisotopic (exact) mass is 564 g/mol. The van der Waals surface area contributed by atoms with Gasteiger partial charge >= 0.3 is 6.09 Å². The first-order valence-corrected chi connectivity index (χ1v) is 14.0. The number of ether oxygens (including phenoxy) is 2. The zero-order valence-electron chi connectivity index (χ0n) is 22.0. The quantitative estimate of drug-likeness (QED) is 0.502. The Morgan fingerprint density at radius 2 is 1.77 bits per heavy atom. The van der Waals surface area contributed by atoms with Gasteiger partial charge in [0.25, 0.3) is 11.8 Å². The number of alkyl carbamates (subject to hydrolysis) is 1. The molecular formula is C27H30F2N2O7S. The van der Waals surface area contributed by atoms with E-state index in [4.69, 9.17) is 9.47 Å². The van der Waals surface area contributed by atoms with Gasteiger partial charge < -0.3 is 19.7 Å². The fourth-order valence-electron chi connectivity index (χ4n) is 4.31. The van der Waals surface area contributed by atoms with E-state index in [0.717, 1.165) is 0 Å². The van der Waals surface area contributed by atoms with Crippen LogP contribution in [0.4, 0.5) is 19.3 Å². The number of carbonyl (C=O) groups excluding carboxylic acids is 3. The van der Waals surface area contributed by atoms with Gasteiger partial charge in [-0.3, -0.25) is 9.59 Å². The molecule has 0 radical (unpaired) electrons. The van der Waals surface area contributed by atoms with Crippen molar-refractivity contribution in [3.63, 3.8) is 0 Å². The summed E-state index contributed by atoms with van der Waals surface area (Å²) in [6.45, 7) is 4.77. The van der Waals surface area contributed by atoms with E-state index in [1.54, 1.807) is 45.0 Å². The van der Waals surface area contributed by atoms with E-state index in [-0.39, 0.29) is 29.1 Å². The number of amides is 2. The number of alkyl halides is 2. The van der Waals surface area contributed by atoms with Crippen LogP contribution in [-0.4, -0.2) is 56.6 Å². The summed E-state index contributed by atoms with van der Waals surface area (Å²) in [7, 11) is -2.64. The van der Waals surface area contributed by atoms with Crippen LogP contribution in [0.25, 0.3) is 0 Å². The zero-order valence-corrected chi connectivity index (χ0v) is 22.8. The molecule has 2 aromatic carbocycles. The van der Waals surface area contributed by atoms with Crippen LogP contribution in [0.5, 0.6) is 5.75 Å². The number of benzene rings is 2. The highest BCUT2D eigenvalue weighted by Crippen LogP contribution is 2.51. The molecule has 2 atom stereocenters. The van der Waals surface area contributed by atoms with E-state index in [1.165, 1.54) is 30.2 Å². The molecule has 2 aromatic rings. The molecule has 9 nitrogen and oxygen atoms in total. The minimum atomic E-state index is -4.14. The highest BCUT2D eigenvalue weighted by molar-refractivity contribution is 7.91. The SMILES string of the molecule is COc1ccc(CN2C(=O)[C@@H](NC(=O)OC(C)(C)C)CS(=O)(=O)c3ccc(C(=O)C[C@@H]4CC4(F)F)cc32)cc1. The molecule has 39 heavy (non-hydrogen) atoms. The van der Waals surface area contributed by atoms with Gasteiger partial charge in [0, 0.05) is 24.3 Å². The minimum absolute atomic E-state index is 0.0118. The van der Waals surface area contributed by atoms with Crippen molar-refractivity contribution in [3.8, 4) is 5.75 Å². The van der Waals surface area contributed by atoms with Crippen molar-refractivity contribution in [3.05, 3.63) is 53.6 Å². The summed E-state index contributed by atoms with van der Waals surface area (Å²) in [6, 6.07) is 8.93. The molecule has 210 valence electrons. The molecule has 1 saturated carbocycles. The molecule has 1 aliphatic heterocycles. The molecule has 1 heterocycles. The van der Waals surface area contributed by atoms with E-state index < -0.39 is 63.3 Å². The number of hydrogen-bond acceptors (Lipinski definition) is 7. The minimum Gasteiger partial charge on any atom is -0.497 e. The molecule has 2 amide bonds. The van der Waals surface area contributed by atoms with E-state index in [1.807, 2.05) is 0 Å². The average Bonchev–Trinajstić information content (AvgIpc) is 3.46. The fraction of sp³-hybridized carbons (Fsp3) is 0.444. The summed E-state index contributed by atoms with van der Waals surface area (Å²) in [5.74, 6) is -5.44. The van der Waals surface area contributed by atoms with Crippen LogP contribution in [0.15, 0.2) is 47.4 Å². The Morgan fingerprint density at radius 3 is 2.33 bits per heavy atom. The molecule has 0 unspecified atom stereocenters. The molecule has 0 aromatic heterocycles. The van der Waals surface area contributed by atoms with Gasteiger partial charge in [-0.25, -0.2) is 22.0 Å². The summed E-state index contributed by atoms with van der Waals surface area (Å²) >= 11 is 0. The average molecular weight is 565 g/mol. The molecule has 1 aliphatic carbocycles. The molecule has 0 saturated heterocycles. The molecule has 1 N–H and O–H groups in total. The van der Waals surface area contributed by atoms with Gasteiger partial charge in [-0.2, -0.15) is 0 Å². The van der Waals surface area contributed by atoms with Crippen LogP contribution in [0.2, 0.25) is 0 Å². The van der Waals surface area contributed by atoms with Gasteiger partial charge in [-0.1, -0.05) is 12.1 Å². The molecule has 2 aliphatic rings. The second kappa shape index (κ2) is 10.2. The molecule has 0 spiro atoms. The third-order valence-corrected chi connectivity index (χ3v) is 8.22. The first-order chi connectivity index (χ1) is 18.1. The first-order valence-electron chi connectivity index (χ1n) is 12.3. The Hall–Kier alpha value is -3.54. The summed E-state index contributed by atoms with van der Waals surface area (Å²) in [5, 5.41) is 2.37. The third kappa shape index (κ3) is 6.55. The van der Waals surface area contributed by atoms with Crippen LogP contribution in [-0.2, 0) is 25.9 Å². The molecule has 1 fully saturated rings. The van der Waals surface area contributed by atoms with Crippen LogP contribution >= 0.6 is 0 Å². The van der Waals surface area contributed by atoms with Gasteiger partial charge in [0.1, 0.15) is 17.4 Å². The number of halogens is 2. The first kappa shape index (κ1) is 28.5. The highest BCUT2D eigenvalue weighted by atomic mass is 32.2. The van der Waals surface area contributed by atoms with Crippen LogP contribution in [0.3, 0.4) is 0 Å². The predicted molar refractivity (Wildman–Crippen MR) is 138 cm³/mol. The fourth-order valence-corrected chi connectivity index (χ4v) is 5.92. The number of hydrogen-bond donors (Lipinski definition) is 1. The predicted octanol–water partition coefficient (Wildman–Crippen LogP) is 4.14. The maximum absolute atomic E-state index is 13.8. The number of Topliss-reactive ketones (excluding diaryl/α,β-unsaturated/α-hetero) is 1. The van der Waals surface area contributed by atoms with Crippen molar-refractivity contribution in [2.45, 2.75) is 62.6 Å². The molecular weight excluding hydrogens is 534 g/mol. The lowest BCUT2D eigenvalue weighted by Gasteiger charge is -2.27. The van der Waals surface area contributed by atoms with Crippen LogP contribution < -0.4 is 15.0 Å². The second-order valence-corrected chi connectivity index (χ2v) is 12.7. The number of ketones is 1. The van der Waals surface area contributed by atoms with E-state index >= 15 is 0 Å². The summed E-state index contributed by atoms with van der Waals surface area (Å²) in [6.07, 6.45) is -1.74. The number of methoxy groups -OCH3 is 1. The number of fused-ring (bicyclic) bond motifs is 1. The van der Waals surface area contributed by atoms with E-state index in [2.05, 4.69) is 5.32 Å². The zero-order chi connectivity index (χ0) is 28.8. The van der Waals surface area contributed by atoms with Crippen molar-refractivity contribution in [1.29, 1.82) is 0 Å². The van der Waals surface area contributed by atoms with Crippen molar-refractivity contribution in [2.24, 2.45) is 5.92 Å². The van der Waals surface area contributed by atoms with Crippen molar-refractivity contribution < 1.29 is 41.1 Å². The van der Waals surface area contributed by atoms with E-state index in [0.29, 0.717) is 11.3 Å². The number of sulfone groups is 1. The van der Waals surface area contributed by atoms with E-state index in [9.17, 15) is 31.6 Å². The number of carbonyl (C=O) groups is 3. The second-order valence-electron chi connectivity index (χ2n) is 10.7. The maximum atomic E-state index is 13.8. The Labute approximate surface area is 225 Å². The maximum Gasteiger partial charge on any atom is 0.408 e. The van der Waals surface area contributed by atoms with Gasteiger partial charge in [0.15, 0.2) is 15.6 Å². The van der Waals surface area contributed by atoms with Crippen molar-refractivity contribution in [2.75, 3.05) is 17.8 Å². The van der Waals surface area contributed by atoms with Crippen LogP contribution in [0, 0.1) is 5.92 Å². The lowest BCUT2D eigenvalue weighted by molar-refractivity contribution is -0.120. The normalized spacial score (nSPS) is 21.4. The molecule has 12 heteroatoms. The van der Waals surface area contributed by atoms with Crippen LogP contribution in [0.1, 0.15) is 49.5 Å². The Balaban J connectivity index is 1.74. The lowest BCUT2D eigenvalue weighted by atomic mass is 10.0. The largest absolute Gasteiger partial charge is 0.497 e. The number of anilines is 1. The van der Waals surface area contributed by atoms with Crippen molar-refractivity contribution >= 4 is 33.3 Å². The Bertz CT molecular complexity index is 1400. The molecule has 4 rings (SSSR count). The third-order valence-electron chi connectivity index (χ3n) is 6.44.